The standard InChI is InChI=1S/C19H21ClFN3/c1-15-5-7-16(8-6-15)14-23-9-11-24(12-10-23)22-13-17-18(20)3-2-4-19(17)21/h2-8,13H,9-12,14H2,1H3/b22-13+. The molecule has 1 fully saturated rings. The van der Waals surface area contributed by atoms with Crippen molar-refractivity contribution in [3.63, 3.8) is 0 Å². The van der Waals surface area contributed by atoms with Gasteiger partial charge in [0.15, 0.2) is 0 Å². The van der Waals surface area contributed by atoms with Gasteiger partial charge in [-0.2, -0.15) is 5.10 Å². The van der Waals surface area contributed by atoms with E-state index in [0.29, 0.717) is 10.6 Å². The smallest absolute Gasteiger partial charge is 0.133 e. The molecule has 0 unspecified atom stereocenters. The minimum atomic E-state index is -0.343. The predicted molar refractivity (Wildman–Crippen MR) is 97.0 cm³/mol. The zero-order valence-electron chi connectivity index (χ0n) is 13.8. The largest absolute Gasteiger partial charge is 0.295 e. The van der Waals surface area contributed by atoms with Gasteiger partial charge in [-0.25, -0.2) is 4.39 Å². The molecule has 1 aliphatic rings. The van der Waals surface area contributed by atoms with E-state index in [1.807, 2.05) is 5.01 Å². The highest BCUT2D eigenvalue weighted by molar-refractivity contribution is 6.33. The Hall–Kier alpha value is -1.91. The van der Waals surface area contributed by atoms with Gasteiger partial charge in [0.05, 0.1) is 11.2 Å². The summed E-state index contributed by atoms with van der Waals surface area (Å²) in [6.07, 6.45) is 1.52. The van der Waals surface area contributed by atoms with Crippen LogP contribution in [0.4, 0.5) is 4.39 Å². The lowest BCUT2D eigenvalue weighted by molar-refractivity contribution is 0.131. The van der Waals surface area contributed by atoms with Gasteiger partial charge in [0.2, 0.25) is 0 Å². The van der Waals surface area contributed by atoms with E-state index in [1.165, 1.54) is 23.4 Å². The molecule has 1 heterocycles. The molecule has 3 rings (SSSR count). The van der Waals surface area contributed by atoms with Crippen LogP contribution in [0.25, 0.3) is 0 Å². The van der Waals surface area contributed by atoms with Crippen molar-refractivity contribution in [2.75, 3.05) is 26.2 Å². The molecular weight excluding hydrogens is 325 g/mol. The number of piperazine rings is 1. The van der Waals surface area contributed by atoms with E-state index >= 15 is 0 Å². The van der Waals surface area contributed by atoms with Crippen molar-refractivity contribution < 1.29 is 4.39 Å². The first kappa shape index (κ1) is 16.9. The molecule has 0 atom stereocenters. The van der Waals surface area contributed by atoms with Crippen molar-refractivity contribution >= 4 is 17.8 Å². The second-order valence-corrected chi connectivity index (χ2v) is 6.50. The fraction of sp³-hybridized carbons (Fsp3) is 0.316. The number of rotatable bonds is 4. The van der Waals surface area contributed by atoms with Gasteiger partial charge < -0.3 is 0 Å². The maximum atomic E-state index is 13.7. The van der Waals surface area contributed by atoms with Crippen molar-refractivity contribution in [3.8, 4) is 0 Å². The number of nitrogens with zero attached hydrogens (tertiary/aromatic N) is 3. The van der Waals surface area contributed by atoms with E-state index in [9.17, 15) is 4.39 Å². The Labute approximate surface area is 147 Å². The third-order valence-electron chi connectivity index (χ3n) is 4.23. The predicted octanol–water partition coefficient (Wildman–Crippen LogP) is 3.94. The number of hydrogen-bond donors (Lipinski definition) is 0. The Bertz CT molecular complexity index is 687. The summed E-state index contributed by atoms with van der Waals surface area (Å²) in [6.45, 7) is 6.59. The molecule has 2 aromatic carbocycles. The molecule has 5 heteroatoms. The monoisotopic (exact) mass is 345 g/mol. The number of aryl methyl sites for hydroxylation is 1. The van der Waals surface area contributed by atoms with Crippen LogP contribution in [0.3, 0.4) is 0 Å². The summed E-state index contributed by atoms with van der Waals surface area (Å²) in [5.41, 5.74) is 2.96. The maximum absolute atomic E-state index is 13.7. The van der Waals surface area contributed by atoms with Crippen molar-refractivity contribution in [3.05, 3.63) is 70.0 Å². The highest BCUT2D eigenvalue weighted by atomic mass is 35.5. The average molecular weight is 346 g/mol. The molecule has 126 valence electrons. The first-order valence-corrected chi connectivity index (χ1v) is 8.50. The van der Waals surface area contributed by atoms with Crippen molar-refractivity contribution in [2.45, 2.75) is 13.5 Å². The molecule has 2 aromatic rings. The summed E-state index contributed by atoms with van der Waals surface area (Å²) in [7, 11) is 0. The van der Waals surface area contributed by atoms with E-state index in [-0.39, 0.29) is 5.82 Å². The van der Waals surface area contributed by atoms with Crippen LogP contribution in [-0.4, -0.2) is 42.3 Å². The van der Waals surface area contributed by atoms with Crippen LogP contribution in [0.2, 0.25) is 5.02 Å². The Kier molecular flexibility index (Phi) is 5.48. The Balaban J connectivity index is 1.53. The zero-order chi connectivity index (χ0) is 16.9. The minimum absolute atomic E-state index is 0.343. The first-order valence-electron chi connectivity index (χ1n) is 8.12. The highest BCUT2D eigenvalue weighted by Crippen LogP contribution is 2.17. The number of hydrazone groups is 1. The normalized spacial score (nSPS) is 16.0. The van der Waals surface area contributed by atoms with Crippen LogP contribution < -0.4 is 0 Å². The Morgan fingerprint density at radius 1 is 1.08 bits per heavy atom. The van der Waals surface area contributed by atoms with Gasteiger partial charge in [-0.3, -0.25) is 9.91 Å². The van der Waals surface area contributed by atoms with Crippen LogP contribution in [0, 0.1) is 12.7 Å². The topological polar surface area (TPSA) is 18.8 Å². The van der Waals surface area contributed by atoms with E-state index < -0.39 is 0 Å². The van der Waals surface area contributed by atoms with E-state index in [2.05, 4.69) is 41.2 Å². The summed E-state index contributed by atoms with van der Waals surface area (Å²) < 4.78 is 13.7. The first-order chi connectivity index (χ1) is 11.6. The highest BCUT2D eigenvalue weighted by Gasteiger charge is 2.15. The van der Waals surface area contributed by atoms with Gasteiger partial charge in [-0.05, 0) is 24.6 Å². The molecule has 0 radical (unpaired) electrons. The lowest BCUT2D eigenvalue weighted by Gasteiger charge is -2.33. The Morgan fingerprint density at radius 3 is 2.46 bits per heavy atom. The summed E-state index contributed by atoms with van der Waals surface area (Å²) >= 11 is 6.01. The second kappa shape index (κ2) is 7.77. The molecule has 0 aliphatic carbocycles. The molecule has 0 bridgehead atoms. The third kappa shape index (κ3) is 4.34. The van der Waals surface area contributed by atoms with Crippen molar-refractivity contribution in [1.82, 2.24) is 9.91 Å². The molecular formula is C19H21ClFN3. The summed E-state index contributed by atoms with van der Waals surface area (Å²) in [5.74, 6) is -0.343. The molecule has 24 heavy (non-hydrogen) atoms. The van der Waals surface area contributed by atoms with Gasteiger partial charge in [0, 0.05) is 38.3 Å². The molecule has 0 spiro atoms. The molecule has 0 aromatic heterocycles. The van der Waals surface area contributed by atoms with E-state index in [0.717, 1.165) is 32.7 Å². The van der Waals surface area contributed by atoms with E-state index in [1.54, 1.807) is 12.1 Å². The lowest BCUT2D eigenvalue weighted by atomic mass is 10.1. The number of halogens is 2. The molecule has 0 saturated carbocycles. The summed E-state index contributed by atoms with van der Waals surface area (Å²) in [6, 6.07) is 13.3. The summed E-state index contributed by atoms with van der Waals surface area (Å²) in [5, 5.41) is 6.74. The van der Waals surface area contributed by atoms with Crippen LogP contribution in [0.5, 0.6) is 0 Å². The minimum Gasteiger partial charge on any atom is -0.295 e. The zero-order valence-corrected chi connectivity index (χ0v) is 14.5. The van der Waals surface area contributed by atoms with Gasteiger partial charge in [-0.15, -0.1) is 0 Å². The molecule has 0 N–H and O–H groups in total. The van der Waals surface area contributed by atoms with Crippen LogP contribution in [0.15, 0.2) is 47.6 Å². The fourth-order valence-corrected chi connectivity index (χ4v) is 2.95. The molecule has 0 amide bonds. The number of benzene rings is 2. The third-order valence-corrected chi connectivity index (χ3v) is 4.55. The maximum Gasteiger partial charge on any atom is 0.133 e. The number of hydrogen-bond acceptors (Lipinski definition) is 3. The second-order valence-electron chi connectivity index (χ2n) is 6.10. The quantitative estimate of drug-likeness (QED) is 0.782. The van der Waals surface area contributed by atoms with Gasteiger partial charge in [-0.1, -0.05) is 47.5 Å². The SMILES string of the molecule is Cc1ccc(CN2CCN(/N=C/c3c(F)cccc3Cl)CC2)cc1. The lowest BCUT2D eigenvalue weighted by Crippen LogP contribution is -2.43. The average Bonchev–Trinajstić information content (AvgIpc) is 2.58. The van der Waals surface area contributed by atoms with Crippen molar-refractivity contribution in [2.24, 2.45) is 5.10 Å². The van der Waals surface area contributed by atoms with Gasteiger partial charge >= 0.3 is 0 Å². The van der Waals surface area contributed by atoms with Gasteiger partial charge in [0.25, 0.3) is 0 Å². The fourth-order valence-electron chi connectivity index (χ4n) is 2.74. The van der Waals surface area contributed by atoms with Crippen LogP contribution in [-0.2, 0) is 6.54 Å². The van der Waals surface area contributed by atoms with Crippen LogP contribution >= 0.6 is 11.6 Å². The summed E-state index contributed by atoms with van der Waals surface area (Å²) in [4.78, 5) is 2.41. The molecule has 3 nitrogen and oxygen atoms in total. The molecule has 1 saturated heterocycles. The van der Waals surface area contributed by atoms with E-state index in [4.69, 9.17) is 11.6 Å². The van der Waals surface area contributed by atoms with Crippen molar-refractivity contribution in [1.29, 1.82) is 0 Å². The van der Waals surface area contributed by atoms with Gasteiger partial charge in [0.1, 0.15) is 5.82 Å². The van der Waals surface area contributed by atoms with Crippen LogP contribution in [0.1, 0.15) is 16.7 Å². The molecule has 1 aliphatic heterocycles. The Morgan fingerprint density at radius 2 is 1.79 bits per heavy atom.